The maximum atomic E-state index is 11.5. The van der Waals surface area contributed by atoms with E-state index in [2.05, 4.69) is 4.74 Å². The third-order valence-corrected chi connectivity index (χ3v) is 4.26. The third kappa shape index (κ3) is 1.50. The zero-order chi connectivity index (χ0) is 11.2. The summed E-state index contributed by atoms with van der Waals surface area (Å²) in [6, 6.07) is 3.19. The predicted octanol–water partition coefficient (Wildman–Crippen LogP) is 1.61. The Hall–Kier alpha value is -1.13. The number of benzene rings is 1. The van der Waals surface area contributed by atoms with E-state index in [0.717, 1.165) is 5.19 Å². The molecular formula is C10H8ClO3Si. The van der Waals surface area contributed by atoms with Gasteiger partial charge in [-0.25, -0.2) is 9.59 Å². The lowest BCUT2D eigenvalue weighted by molar-refractivity contribution is 0.0444. The number of hydrogen-bond donors (Lipinski definition) is 0. The van der Waals surface area contributed by atoms with Crippen molar-refractivity contribution in [2.24, 2.45) is 0 Å². The molecule has 1 aromatic rings. The molecule has 77 valence electrons. The van der Waals surface area contributed by atoms with Crippen LogP contribution in [0.15, 0.2) is 12.1 Å². The first-order valence-corrected chi connectivity index (χ1v) is 7.29. The second-order valence-corrected chi connectivity index (χ2v) is 6.43. The molecule has 0 fully saturated rings. The molecule has 0 amide bonds. The lowest BCUT2D eigenvalue weighted by Gasteiger charge is -2.09. The lowest BCUT2D eigenvalue weighted by Crippen LogP contribution is -2.29. The maximum absolute atomic E-state index is 11.5. The molecule has 0 saturated carbocycles. The number of carbonyl (C=O) groups is 2. The number of cyclic esters (lactones) is 2. The molecule has 3 nitrogen and oxygen atoms in total. The Balaban J connectivity index is 2.76. The number of esters is 2. The minimum Gasteiger partial charge on any atom is -0.386 e. The van der Waals surface area contributed by atoms with Gasteiger partial charge in [0.05, 0.1) is 19.9 Å². The highest BCUT2D eigenvalue weighted by Gasteiger charge is 2.34. The van der Waals surface area contributed by atoms with Crippen LogP contribution in [0.25, 0.3) is 0 Å². The van der Waals surface area contributed by atoms with E-state index in [1.807, 2.05) is 13.1 Å². The molecule has 0 N–H and O–H groups in total. The fourth-order valence-electron chi connectivity index (χ4n) is 1.64. The van der Waals surface area contributed by atoms with Gasteiger partial charge in [-0.05, 0) is 17.3 Å². The molecule has 1 aromatic carbocycles. The van der Waals surface area contributed by atoms with Crippen molar-refractivity contribution in [1.82, 2.24) is 0 Å². The van der Waals surface area contributed by atoms with Gasteiger partial charge in [-0.1, -0.05) is 24.7 Å². The molecule has 15 heavy (non-hydrogen) atoms. The predicted molar refractivity (Wildman–Crippen MR) is 58.3 cm³/mol. The van der Waals surface area contributed by atoms with Crippen LogP contribution in [-0.2, 0) is 4.74 Å². The summed E-state index contributed by atoms with van der Waals surface area (Å²) in [7, 11) is -0.907. The van der Waals surface area contributed by atoms with Gasteiger partial charge in [0.15, 0.2) is 0 Å². The van der Waals surface area contributed by atoms with Gasteiger partial charge >= 0.3 is 11.9 Å². The van der Waals surface area contributed by atoms with E-state index in [1.165, 1.54) is 0 Å². The molecule has 5 heteroatoms. The van der Waals surface area contributed by atoms with Gasteiger partial charge < -0.3 is 4.74 Å². The van der Waals surface area contributed by atoms with Gasteiger partial charge in [-0.2, -0.15) is 0 Å². The van der Waals surface area contributed by atoms with Crippen molar-refractivity contribution in [2.45, 2.75) is 13.1 Å². The number of carbonyl (C=O) groups excluding carboxylic acids is 2. The summed E-state index contributed by atoms with van der Waals surface area (Å²) in [5.74, 6) is -1.14. The molecule has 0 aliphatic carbocycles. The third-order valence-electron chi connectivity index (χ3n) is 2.26. The van der Waals surface area contributed by atoms with Crippen molar-refractivity contribution in [1.29, 1.82) is 0 Å². The van der Waals surface area contributed by atoms with Crippen molar-refractivity contribution in [3.8, 4) is 0 Å². The molecule has 1 aliphatic heterocycles. The summed E-state index contributed by atoms with van der Waals surface area (Å²) in [6.07, 6.45) is 0. The monoisotopic (exact) mass is 239 g/mol. The Morgan fingerprint density at radius 3 is 2.47 bits per heavy atom. The Labute approximate surface area is 93.6 Å². The molecule has 1 heterocycles. The largest absolute Gasteiger partial charge is 0.386 e. The van der Waals surface area contributed by atoms with Crippen LogP contribution in [0, 0.1) is 0 Å². The molecule has 0 aromatic heterocycles. The average Bonchev–Trinajstić information content (AvgIpc) is 2.41. The summed E-state index contributed by atoms with van der Waals surface area (Å²) >= 11 is 6.02. The smallest absolute Gasteiger partial charge is 0.346 e. The van der Waals surface area contributed by atoms with Crippen LogP contribution in [0.3, 0.4) is 0 Å². The molecule has 1 radical (unpaired) electrons. The van der Waals surface area contributed by atoms with Crippen LogP contribution in [-0.4, -0.2) is 20.7 Å². The second-order valence-electron chi connectivity index (χ2n) is 3.52. The fourth-order valence-corrected chi connectivity index (χ4v) is 3.66. The highest BCUT2D eigenvalue weighted by molar-refractivity contribution is 6.74. The van der Waals surface area contributed by atoms with Gasteiger partial charge in [0.1, 0.15) is 0 Å². The number of hydrogen-bond acceptors (Lipinski definition) is 3. The minimum absolute atomic E-state index is 0.339. The molecular weight excluding hydrogens is 232 g/mol. The summed E-state index contributed by atoms with van der Waals surface area (Å²) < 4.78 is 4.56. The molecule has 0 spiro atoms. The Morgan fingerprint density at radius 1 is 1.20 bits per heavy atom. The van der Waals surface area contributed by atoms with Gasteiger partial charge in [-0.15, -0.1) is 0 Å². The first kappa shape index (κ1) is 10.4. The van der Waals surface area contributed by atoms with Gasteiger partial charge in [0.2, 0.25) is 0 Å². The van der Waals surface area contributed by atoms with Crippen LogP contribution in [0.5, 0.6) is 0 Å². The zero-order valence-corrected chi connectivity index (χ0v) is 10.0. The lowest BCUT2D eigenvalue weighted by atomic mass is 10.1. The highest BCUT2D eigenvalue weighted by Crippen LogP contribution is 2.22. The molecule has 1 aliphatic rings. The standard InChI is InChI=1S/C10H8ClO3Si/c1-15(2)8-6(11)4-3-5-7(8)10(13)14-9(5)12/h3-4H,1-2H3. The van der Waals surface area contributed by atoms with E-state index in [0.29, 0.717) is 16.1 Å². The number of halogens is 1. The van der Waals surface area contributed by atoms with Gasteiger partial charge in [-0.3, -0.25) is 0 Å². The topological polar surface area (TPSA) is 43.4 Å². The molecule has 0 bridgehead atoms. The van der Waals surface area contributed by atoms with Crippen molar-refractivity contribution < 1.29 is 14.3 Å². The number of fused-ring (bicyclic) bond motifs is 1. The van der Waals surface area contributed by atoms with E-state index in [-0.39, 0.29) is 0 Å². The summed E-state index contributed by atoms with van der Waals surface area (Å²) in [6.45, 7) is 4.03. The Bertz CT molecular complexity index is 468. The van der Waals surface area contributed by atoms with Crippen molar-refractivity contribution in [2.75, 3.05) is 0 Å². The average molecular weight is 240 g/mol. The highest BCUT2D eigenvalue weighted by atomic mass is 35.5. The van der Waals surface area contributed by atoms with E-state index < -0.39 is 20.7 Å². The van der Waals surface area contributed by atoms with Crippen molar-refractivity contribution in [3.63, 3.8) is 0 Å². The quantitative estimate of drug-likeness (QED) is 0.425. The zero-order valence-electron chi connectivity index (χ0n) is 8.26. The van der Waals surface area contributed by atoms with Crippen LogP contribution in [0.2, 0.25) is 18.1 Å². The molecule has 0 unspecified atom stereocenters. The van der Waals surface area contributed by atoms with Crippen molar-refractivity contribution >= 4 is 37.5 Å². The van der Waals surface area contributed by atoms with Gasteiger partial charge in [0, 0.05) is 5.02 Å². The fraction of sp³-hybridized carbons (Fsp3) is 0.200. The van der Waals surface area contributed by atoms with Crippen LogP contribution < -0.4 is 5.19 Å². The maximum Gasteiger partial charge on any atom is 0.346 e. The van der Waals surface area contributed by atoms with Crippen LogP contribution in [0.1, 0.15) is 20.7 Å². The first-order chi connectivity index (χ1) is 7.02. The first-order valence-electron chi connectivity index (χ1n) is 4.42. The SMILES string of the molecule is C[Si](C)c1c(Cl)ccc2c1C(=O)OC2=O. The number of rotatable bonds is 1. The summed E-state index contributed by atoms with van der Waals surface area (Å²) in [5, 5.41) is 1.33. The summed E-state index contributed by atoms with van der Waals surface area (Å²) in [4.78, 5) is 22.8. The normalized spacial score (nSPS) is 14.4. The van der Waals surface area contributed by atoms with Crippen LogP contribution >= 0.6 is 11.6 Å². The summed E-state index contributed by atoms with van der Waals surface area (Å²) in [5.41, 5.74) is 0.706. The molecule has 0 atom stereocenters. The number of ether oxygens (including phenoxy) is 1. The van der Waals surface area contributed by atoms with Gasteiger partial charge in [0.25, 0.3) is 0 Å². The molecule has 2 rings (SSSR count). The van der Waals surface area contributed by atoms with E-state index in [1.54, 1.807) is 12.1 Å². The van der Waals surface area contributed by atoms with E-state index >= 15 is 0 Å². The van der Waals surface area contributed by atoms with E-state index in [9.17, 15) is 9.59 Å². The Morgan fingerprint density at radius 2 is 1.87 bits per heavy atom. The van der Waals surface area contributed by atoms with Crippen LogP contribution in [0.4, 0.5) is 0 Å². The Kier molecular flexibility index (Phi) is 2.40. The second kappa shape index (κ2) is 3.47. The van der Waals surface area contributed by atoms with Crippen molar-refractivity contribution in [3.05, 3.63) is 28.3 Å². The molecule has 0 saturated heterocycles. The minimum atomic E-state index is -0.907. The van der Waals surface area contributed by atoms with E-state index in [4.69, 9.17) is 11.6 Å².